The highest BCUT2D eigenvalue weighted by molar-refractivity contribution is 14.1. The lowest BCUT2D eigenvalue weighted by atomic mass is 10.1. The molecule has 2 aromatic carbocycles. The first-order valence-electron chi connectivity index (χ1n) is 5.90. The molecule has 0 aliphatic carbocycles. The summed E-state index contributed by atoms with van der Waals surface area (Å²) < 4.78 is 1.21. The first-order valence-corrected chi connectivity index (χ1v) is 7.79. The second kappa shape index (κ2) is 6.43. The van der Waals surface area contributed by atoms with Gasteiger partial charge in [0.05, 0.1) is 5.56 Å². The third-order valence-electron chi connectivity index (χ3n) is 2.74. The van der Waals surface area contributed by atoms with Gasteiger partial charge in [0.15, 0.2) is 0 Å². The predicted molar refractivity (Wildman–Crippen MR) is 86.1 cm³/mol. The number of aromatic carboxylic acids is 1. The van der Waals surface area contributed by atoms with Gasteiger partial charge in [-0.05, 0) is 77.0 Å². The minimum absolute atomic E-state index is 0.398. The molecule has 4 heteroatoms. The number of carbonyl (C=O) groups is 1. The summed E-state index contributed by atoms with van der Waals surface area (Å²) in [6.07, 6.45) is 0.725. The lowest BCUT2D eigenvalue weighted by Gasteiger charge is -2.07. The van der Waals surface area contributed by atoms with E-state index in [0.717, 1.165) is 21.8 Å². The topological polar surface area (TPSA) is 37.3 Å². The van der Waals surface area contributed by atoms with Gasteiger partial charge in [-0.15, -0.1) is 0 Å². The molecule has 0 atom stereocenters. The number of halogens is 1. The van der Waals surface area contributed by atoms with Crippen LogP contribution in [0, 0.1) is 3.57 Å². The predicted octanol–water partition coefficient (Wildman–Crippen LogP) is 4.70. The highest BCUT2D eigenvalue weighted by Gasteiger charge is 2.09. The number of hydrogen-bond donors (Lipinski definition) is 1. The number of rotatable bonds is 4. The fourth-order valence-corrected chi connectivity index (χ4v) is 3.01. The number of carboxylic acids is 1. The van der Waals surface area contributed by atoms with Crippen molar-refractivity contribution in [3.05, 3.63) is 57.2 Å². The Morgan fingerprint density at radius 3 is 2.37 bits per heavy atom. The first kappa shape index (κ1) is 14.4. The Bertz CT molecular complexity index is 594. The first-order chi connectivity index (χ1) is 9.10. The van der Waals surface area contributed by atoms with E-state index in [4.69, 9.17) is 5.11 Å². The molecule has 0 unspecified atom stereocenters. The molecule has 0 fully saturated rings. The summed E-state index contributed by atoms with van der Waals surface area (Å²) in [6, 6.07) is 13.8. The average molecular weight is 384 g/mol. The molecule has 0 amide bonds. The molecule has 2 rings (SSSR count). The van der Waals surface area contributed by atoms with Gasteiger partial charge in [-0.2, -0.15) is 0 Å². The van der Waals surface area contributed by atoms with Gasteiger partial charge >= 0.3 is 5.97 Å². The van der Waals surface area contributed by atoms with Crippen molar-refractivity contribution in [1.29, 1.82) is 0 Å². The van der Waals surface area contributed by atoms with E-state index in [1.54, 1.807) is 17.8 Å². The number of aryl methyl sites for hydroxylation is 1. The van der Waals surface area contributed by atoms with Gasteiger partial charge in [0.2, 0.25) is 0 Å². The maximum atomic E-state index is 11.1. The van der Waals surface area contributed by atoms with Crippen molar-refractivity contribution in [2.45, 2.75) is 23.1 Å². The summed E-state index contributed by atoms with van der Waals surface area (Å²) in [5, 5.41) is 9.10. The van der Waals surface area contributed by atoms with E-state index < -0.39 is 5.97 Å². The molecule has 0 aliphatic rings. The molecular weight excluding hydrogens is 371 g/mol. The highest BCUT2D eigenvalue weighted by Crippen LogP contribution is 2.29. The van der Waals surface area contributed by atoms with Gasteiger partial charge in [-0.3, -0.25) is 0 Å². The van der Waals surface area contributed by atoms with E-state index in [9.17, 15) is 4.79 Å². The quantitative estimate of drug-likeness (QED) is 0.777. The molecule has 19 heavy (non-hydrogen) atoms. The van der Waals surface area contributed by atoms with Crippen LogP contribution in [0.1, 0.15) is 22.8 Å². The van der Waals surface area contributed by atoms with Crippen LogP contribution >= 0.6 is 34.4 Å². The van der Waals surface area contributed by atoms with Crippen molar-refractivity contribution in [2.24, 2.45) is 0 Å². The van der Waals surface area contributed by atoms with Crippen LogP contribution in [-0.4, -0.2) is 11.1 Å². The minimum Gasteiger partial charge on any atom is -0.478 e. The molecule has 0 radical (unpaired) electrons. The second-order valence-electron chi connectivity index (χ2n) is 4.03. The van der Waals surface area contributed by atoms with Gasteiger partial charge in [0, 0.05) is 13.4 Å². The van der Waals surface area contributed by atoms with Crippen LogP contribution in [0.15, 0.2) is 52.3 Å². The Morgan fingerprint density at radius 1 is 1.16 bits per heavy atom. The van der Waals surface area contributed by atoms with Crippen molar-refractivity contribution in [1.82, 2.24) is 0 Å². The summed E-state index contributed by atoms with van der Waals surface area (Å²) in [4.78, 5) is 13.3. The zero-order valence-electron chi connectivity index (χ0n) is 10.4. The summed E-state index contributed by atoms with van der Waals surface area (Å²) >= 11 is 3.93. The van der Waals surface area contributed by atoms with Crippen molar-refractivity contribution < 1.29 is 9.90 Å². The van der Waals surface area contributed by atoms with Crippen molar-refractivity contribution in [2.75, 3.05) is 0 Å². The van der Waals surface area contributed by atoms with Gasteiger partial charge in [-0.25, -0.2) is 4.79 Å². The van der Waals surface area contributed by atoms with Crippen LogP contribution in [0.3, 0.4) is 0 Å². The van der Waals surface area contributed by atoms with Gasteiger partial charge in [0.25, 0.3) is 0 Å². The average Bonchev–Trinajstić information content (AvgIpc) is 2.41. The Hall–Kier alpha value is -1.01. The third kappa shape index (κ3) is 3.73. The molecule has 98 valence electrons. The molecule has 2 aromatic rings. The van der Waals surface area contributed by atoms with Crippen molar-refractivity contribution in [3.63, 3.8) is 0 Å². The Balaban J connectivity index is 2.26. The summed E-state index contributed by atoms with van der Waals surface area (Å²) in [7, 11) is 0. The molecule has 0 aliphatic heterocycles. The lowest BCUT2D eigenvalue weighted by molar-refractivity contribution is 0.0695. The summed E-state index contributed by atoms with van der Waals surface area (Å²) in [6.45, 7) is 1.97. The maximum absolute atomic E-state index is 11.1. The van der Waals surface area contributed by atoms with E-state index in [-0.39, 0.29) is 0 Å². The van der Waals surface area contributed by atoms with Crippen LogP contribution in [0.25, 0.3) is 0 Å². The lowest BCUT2D eigenvalue weighted by Crippen LogP contribution is -2.01. The smallest absolute Gasteiger partial charge is 0.335 e. The molecular formula is C15H13IO2S. The largest absolute Gasteiger partial charge is 0.478 e. The molecule has 0 saturated heterocycles. The zero-order valence-corrected chi connectivity index (χ0v) is 13.4. The summed E-state index contributed by atoms with van der Waals surface area (Å²) in [5.41, 5.74) is 1.28. The Labute approximate surface area is 130 Å². The van der Waals surface area contributed by atoms with E-state index in [2.05, 4.69) is 46.9 Å². The molecule has 1 N–H and O–H groups in total. The third-order valence-corrected chi connectivity index (χ3v) is 4.45. The van der Waals surface area contributed by atoms with Gasteiger partial charge in [-0.1, -0.05) is 18.7 Å². The molecule has 2 nitrogen and oxygen atoms in total. The Kier molecular flexibility index (Phi) is 4.87. The summed E-state index contributed by atoms with van der Waals surface area (Å²) in [5.74, 6) is -0.859. The van der Waals surface area contributed by atoms with E-state index in [0.29, 0.717) is 5.56 Å². The standard InChI is InChI=1S/C15H13IO2S/c1-2-10-9-13(7-8-14(10)15(17)18)19-12-5-3-11(16)4-6-12/h3-9H,2H2,1H3,(H,17,18). The maximum Gasteiger partial charge on any atom is 0.335 e. The zero-order chi connectivity index (χ0) is 13.8. The van der Waals surface area contributed by atoms with Gasteiger partial charge in [0.1, 0.15) is 0 Å². The highest BCUT2D eigenvalue weighted by atomic mass is 127. The Morgan fingerprint density at radius 2 is 1.79 bits per heavy atom. The van der Waals surface area contributed by atoms with Gasteiger partial charge < -0.3 is 5.11 Å². The molecule has 0 saturated carbocycles. The molecule has 0 heterocycles. The molecule has 0 bridgehead atoms. The van der Waals surface area contributed by atoms with Crippen LogP contribution in [0.4, 0.5) is 0 Å². The molecule has 0 aromatic heterocycles. The number of carboxylic acid groups (broad SMARTS) is 1. The van der Waals surface area contributed by atoms with Crippen LogP contribution in [0.5, 0.6) is 0 Å². The van der Waals surface area contributed by atoms with Crippen LogP contribution in [-0.2, 0) is 6.42 Å². The fourth-order valence-electron chi connectivity index (χ4n) is 1.77. The monoisotopic (exact) mass is 384 g/mol. The molecule has 0 spiro atoms. The van der Waals surface area contributed by atoms with Crippen LogP contribution < -0.4 is 0 Å². The van der Waals surface area contributed by atoms with Crippen molar-refractivity contribution in [3.8, 4) is 0 Å². The second-order valence-corrected chi connectivity index (χ2v) is 6.43. The van der Waals surface area contributed by atoms with E-state index in [1.807, 2.05) is 19.1 Å². The SMILES string of the molecule is CCc1cc(Sc2ccc(I)cc2)ccc1C(=O)O. The number of hydrogen-bond acceptors (Lipinski definition) is 2. The number of benzene rings is 2. The van der Waals surface area contributed by atoms with E-state index >= 15 is 0 Å². The minimum atomic E-state index is -0.859. The fraction of sp³-hybridized carbons (Fsp3) is 0.133. The van der Waals surface area contributed by atoms with Crippen molar-refractivity contribution >= 4 is 40.3 Å². The van der Waals surface area contributed by atoms with Crippen LogP contribution in [0.2, 0.25) is 0 Å². The normalized spacial score (nSPS) is 10.4. The van der Waals surface area contributed by atoms with E-state index in [1.165, 1.54) is 3.57 Å².